The van der Waals surface area contributed by atoms with Crippen molar-refractivity contribution in [1.29, 1.82) is 0 Å². The molecule has 112 valence electrons. The van der Waals surface area contributed by atoms with E-state index in [1.165, 1.54) is 6.20 Å². The van der Waals surface area contributed by atoms with E-state index in [9.17, 15) is 13.2 Å². The minimum absolute atomic E-state index is 0.0137. The van der Waals surface area contributed by atoms with Crippen LogP contribution in [0.2, 0.25) is 5.02 Å². The number of hydrogen-bond donors (Lipinski definition) is 0. The normalized spacial score (nSPS) is 11.6. The molecule has 0 spiro atoms. The molecule has 3 rings (SSSR count). The Morgan fingerprint density at radius 3 is 2.45 bits per heavy atom. The lowest BCUT2D eigenvalue weighted by Gasteiger charge is -2.09. The molecule has 1 aromatic carbocycles. The lowest BCUT2D eigenvalue weighted by molar-refractivity contribution is -0.137. The van der Waals surface area contributed by atoms with E-state index in [0.717, 1.165) is 29.2 Å². The number of rotatable bonds is 2. The van der Waals surface area contributed by atoms with Crippen LogP contribution in [0.4, 0.5) is 13.2 Å². The summed E-state index contributed by atoms with van der Waals surface area (Å²) in [5.74, 6) is 0. The second-order valence-corrected chi connectivity index (χ2v) is 5.76. The van der Waals surface area contributed by atoms with Gasteiger partial charge in [-0.15, -0.1) is 11.3 Å². The Kier molecular flexibility index (Phi) is 3.88. The third-order valence-electron chi connectivity index (χ3n) is 3.00. The van der Waals surface area contributed by atoms with Gasteiger partial charge in [0.25, 0.3) is 0 Å². The molecule has 0 aliphatic heterocycles. The summed E-state index contributed by atoms with van der Waals surface area (Å²) in [7, 11) is 0. The molecule has 7 heteroatoms. The highest BCUT2D eigenvalue weighted by molar-refractivity contribution is 7.13. The minimum Gasteiger partial charge on any atom is -0.264 e. The van der Waals surface area contributed by atoms with Crippen LogP contribution in [0.15, 0.2) is 48.1 Å². The number of alkyl halides is 3. The molecule has 0 saturated heterocycles. The maximum absolute atomic E-state index is 13.0. The van der Waals surface area contributed by atoms with Crippen LogP contribution in [0, 0.1) is 0 Å². The Balaban J connectivity index is 2.03. The highest BCUT2D eigenvalue weighted by Gasteiger charge is 2.34. The van der Waals surface area contributed by atoms with Gasteiger partial charge in [-0.1, -0.05) is 23.7 Å². The maximum Gasteiger partial charge on any atom is 0.417 e. The molecular formula is C15H8ClF3N2S. The second kappa shape index (κ2) is 5.70. The first-order valence-corrected chi connectivity index (χ1v) is 7.44. The van der Waals surface area contributed by atoms with Crippen LogP contribution in [0.25, 0.3) is 21.8 Å². The Morgan fingerprint density at radius 2 is 1.77 bits per heavy atom. The summed E-state index contributed by atoms with van der Waals surface area (Å²) in [5.41, 5.74) is 0.651. The van der Waals surface area contributed by atoms with Crippen LogP contribution >= 0.6 is 22.9 Å². The molecule has 2 aromatic heterocycles. The lowest BCUT2D eigenvalue weighted by atomic mass is 10.1. The Bertz CT molecular complexity index is 797. The van der Waals surface area contributed by atoms with E-state index in [4.69, 9.17) is 11.6 Å². The zero-order chi connectivity index (χ0) is 15.7. The quantitative estimate of drug-likeness (QED) is 0.611. The predicted molar refractivity (Wildman–Crippen MR) is 80.8 cm³/mol. The first-order valence-electron chi connectivity index (χ1n) is 6.18. The summed E-state index contributed by atoms with van der Waals surface area (Å²) in [4.78, 5) is 8.07. The van der Waals surface area contributed by atoms with Crippen LogP contribution < -0.4 is 0 Å². The second-order valence-electron chi connectivity index (χ2n) is 4.46. The van der Waals surface area contributed by atoms with Crippen LogP contribution in [0.5, 0.6) is 0 Å². The van der Waals surface area contributed by atoms with Crippen molar-refractivity contribution in [3.63, 3.8) is 0 Å². The molecule has 0 aliphatic carbocycles. The van der Waals surface area contributed by atoms with E-state index < -0.39 is 11.7 Å². The number of pyridine rings is 1. The Labute approximate surface area is 133 Å². The topological polar surface area (TPSA) is 25.8 Å². The monoisotopic (exact) mass is 340 g/mol. The van der Waals surface area contributed by atoms with Gasteiger partial charge in [0.05, 0.1) is 11.3 Å². The van der Waals surface area contributed by atoms with Crippen molar-refractivity contribution in [2.75, 3.05) is 0 Å². The van der Waals surface area contributed by atoms with E-state index in [0.29, 0.717) is 10.7 Å². The average Bonchev–Trinajstić information content (AvgIpc) is 2.97. The fraction of sp³-hybridized carbons (Fsp3) is 0.0667. The largest absolute Gasteiger partial charge is 0.417 e. The molecule has 0 aliphatic rings. The molecule has 0 atom stereocenters. The smallest absolute Gasteiger partial charge is 0.264 e. The molecule has 0 N–H and O–H groups in total. The van der Waals surface area contributed by atoms with Gasteiger partial charge in [-0.25, -0.2) is 4.98 Å². The van der Waals surface area contributed by atoms with Crippen molar-refractivity contribution >= 4 is 22.9 Å². The summed E-state index contributed by atoms with van der Waals surface area (Å²) < 4.78 is 39.1. The first-order chi connectivity index (χ1) is 10.4. The van der Waals surface area contributed by atoms with Crippen LogP contribution in [0.1, 0.15) is 5.56 Å². The zero-order valence-electron chi connectivity index (χ0n) is 10.9. The lowest BCUT2D eigenvalue weighted by Crippen LogP contribution is -2.07. The van der Waals surface area contributed by atoms with Crippen molar-refractivity contribution in [2.24, 2.45) is 0 Å². The molecule has 22 heavy (non-hydrogen) atoms. The standard InChI is InChI=1S/C15H8ClF3N2S/c16-10-3-1-9(2-4-10)13-8-22-14(21-13)11-7-20-6-5-12(11)15(17,18)19/h1-8H. The fourth-order valence-corrected chi connectivity index (χ4v) is 2.94. The van der Waals surface area contributed by atoms with Crippen molar-refractivity contribution in [3.05, 3.63) is 58.7 Å². The van der Waals surface area contributed by atoms with E-state index in [1.807, 2.05) is 0 Å². The van der Waals surface area contributed by atoms with Crippen molar-refractivity contribution in [2.45, 2.75) is 6.18 Å². The third kappa shape index (κ3) is 2.98. The van der Waals surface area contributed by atoms with Gasteiger partial charge in [0.15, 0.2) is 0 Å². The van der Waals surface area contributed by atoms with Crippen LogP contribution in [-0.4, -0.2) is 9.97 Å². The molecule has 0 unspecified atom stereocenters. The van der Waals surface area contributed by atoms with Gasteiger partial charge in [-0.05, 0) is 18.2 Å². The van der Waals surface area contributed by atoms with Gasteiger partial charge in [0.2, 0.25) is 0 Å². The summed E-state index contributed by atoms with van der Waals surface area (Å²) >= 11 is 6.97. The summed E-state index contributed by atoms with van der Waals surface area (Å²) in [5, 5.41) is 2.59. The number of hydrogen-bond acceptors (Lipinski definition) is 3. The summed E-state index contributed by atoms with van der Waals surface area (Å²) in [6.07, 6.45) is -2.13. The van der Waals surface area contributed by atoms with E-state index in [2.05, 4.69) is 9.97 Å². The van der Waals surface area contributed by atoms with Crippen LogP contribution in [0.3, 0.4) is 0 Å². The molecule has 3 aromatic rings. The van der Waals surface area contributed by atoms with Gasteiger partial charge in [0, 0.05) is 33.9 Å². The fourth-order valence-electron chi connectivity index (χ4n) is 1.96. The molecule has 0 saturated carbocycles. The van der Waals surface area contributed by atoms with Crippen molar-refractivity contribution in [3.8, 4) is 21.8 Å². The molecule has 0 bridgehead atoms. The molecular weight excluding hydrogens is 333 g/mol. The van der Waals surface area contributed by atoms with E-state index >= 15 is 0 Å². The first kappa shape index (κ1) is 15.0. The number of nitrogens with zero attached hydrogens (tertiary/aromatic N) is 2. The zero-order valence-corrected chi connectivity index (χ0v) is 12.5. The highest BCUT2D eigenvalue weighted by Crippen LogP contribution is 2.38. The number of halogens is 4. The molecule has 0 fully saturated rings. The van der Waals surface area contributed by atoms with Gasteiger partial charge in [-0.3, -0.25) is 4.98 Å². The molecule has 2 heterocycles. The minimum atomic E-state index is -4.44. The summed E-state index contributed by atoms with van der Waals surface area (Å²) in [6, 6.07) is 7.92. The van der Waals surface area contributed by atoms with E-state index in [-0.39, 0.29) is 10.6 Å². The molecule has 0 amide bonds. The highest BCUT2D eigenvalue weighted by atomic mass is 35.5. The van der Waals surface area contributed by atoms with Crippen LogP contribution in [-0.2, 0) is 6.18 Å². The average molecular weight is 341 g/mol. The van der Waals surface area contributed by atoms with Gasteiger partial charge in [0.1, 0.15) is 5.01 Å². The molecule has 2 nitrogen and oxygen atoms in total. The predicted octanol–water partition coefficient (Wildman–Crippen LogP) is 5.54. The molecule has 0 radical (unpaired) electrons. The van der Waals surface area contributed by atoms with Gasteiger partial charge < -0.3 is 0 Å². The SMILES string of the molecule is FC(F)(F)c1ccncc1-c1nc(-c2ccc(Cl)cc2)cs1. The third-order valence-corrected chi connectivity index (χ3v) is 4.13. The maximum atomic E-state index is 13.0. The number of thiazole rings is 1. The Hall–Kier alpha value is -1.92. The van der Waals surface area contributed by atoms with Gasteiger partial charge >= 0.3 is 6.18 Å². The van der Waals surface area contributed by atoms with Gasteiger partial charge in [-0.2, -0.15) is 13.2 Å². The summed E-state index contributed by atoms with van der Waals surface area (Å²) in [6.45, 7) is 0. The number of aromatic nitrogens is 2. The Morgan fingerprint density at radius 1 is 1.05 bits per heavy atom. The number of benzene rings is 1. The van der Waals surface area contributed by atoms with Crippen molar-refractivity contribution < 1.29 is 13.2 Å². The van der Waals surface area contributed by atoms with E-state index in [1.54, 1.807) is 29.6 Å². The van der Waals surface area contributed by atoms with Crippen molar-refractivity contribution in [1.82, 2.24) is 9.97 Å².